The second-order valence-corrected chi connectivity index (χ2v) is 7.41. The topological polar surface area (TPSA) is 49.5 Å². The van der Waals surface area contributed by atoms with Crippen molar-refractivity contribution in [2.75, 3.05) is 31.2 Å². The quantitative estimate of drug-likeness (QED) is 0.246. The van der Waals surface area contributed by atoms with Crippen molar-refractivity contribution in [1.29, 1.82) is 0 Å². The zero-order chi connectivity index (χ0) is 13.5. The van der Waals surface area contributed by atoms with Crippen LogP contribution in [-0.2, 0) is 0 Å². The molecule has 0 amide bonds. The highest BCUT2D eigenvalue weighted by Gasteiger charge is 2.11. The standard InChI is InChI=1S/C14H23N2OPS.3BrH/c15-13-6-5-12(11-14(13)19-10-4-9-17)18-16-7-2-1-3-8-16;;;/h5-6,11,17-18H,1-4,7-10,15H2;3*1H. The van der Waals surface area contributed by atoms with Crippen LogP contribution in [0.25, 0.3) is 0 Å². The Morgan fingerprint density at radius 2 is 1.82 bits per heavy atom. The van der Waals surface area contributed by atoms with E-state index in [2.05, 4.69) is 16.8 Å². The number of thioether (sulfide) groups is 1. The van der Waals surface area contributed by atoms with E-state index in [1.165, 1.54) is 37.7 Å². The summed E-state index contributed by atoms with van der Waals surface area (Å²) in [6, 6.07) is 6.40. The Bertz CT molecular complexity index is 410. The minimum absolute atomic E-state index is 0. The molecule has 1 aliphatic rings. The van der Waals surface area contributed by atoms with E-state index in [0.29, 0.717) is 0 Å². The zero-order valence-electron chi connectivity index (χ0n) is 12.5. The van der Waals surface area contributed by atoms with Crippen molar-refractivity contribution in [2.24, 2.45) is 0 Å². The van der Waals surface area contributed by atoms with Crippen molar-refractivity contribution >= 4 is 82.4 Å². The lowest BCUT2D eigenvalue weighted by molar-refractivity contribution is 0.296. The number of nitrogens with two attached hydrogens (primary N) is 1. The molecule has 3 N–H and O–H groups in total. The highest BCUT2D eigenvalue weighted by atomic mass is 79.9. The van der Waals surface area contributed by atoms with E-state index in [1.54, 1.807) is 11.8 Å². The molecule has 1 atom stereocenters. The van der Waals surface area contributed by atoms with Gasteiger partial charge >= 0.3 is 0 Å². The Morgan fingerprint density at radius 3 is 2.45 bits per heavy atom. The molecular formula is C14H26Br3N2OPS. The van der Waals surface area contributed by atoms with Crippen LogP contribution in [0, 0.1) is 0 Å². The molecule has 3 nitrogen and oxygen atoms in total. The van der Waals surface area contributed by atoms with Crippen molar-refractivity contribution < 1.29 is 5.11 Å². The lowest BCUT2D eigenvalue weighted by Crippen LogP contribution is -2.24. The van der Waals surface area contributed by atoms with Gasteiger partial charge in [-0.15, -0.1) is 62.7 Å². The van der Waals surface area contributed by atoms with Crippen molar-refractivity contribution in [3.8, 4) is 0 Å². The van der Waals surface area contributed by atoms with Gasteiger partial charge in [-0.2, -0.15) is 0 Å². The molecule has 0 radical (unpaired) electrons. The van der Waals surface area contributed by atoms with Gasteiger partial charge in [-0.3, -0.25) is 4.67 Å². The van der Waals surface area contributed by atoms with Crippen molar-refractivity contribution in [3.63, 3.8) is 0 Å². The Morgan fingerprint density at radius 1 is 1.14 bits per heavy atom. The van der Waals surface area contributed by atoms with Crippen LogP contribution in [0.5, 0.6) is 0 Å². The lowest BCUT2D eigenvalue weighted by atomic mass is 10.2. The third-order valence-electron chi connectivity index (χ3n) is 3.22. The molecule has 0 aromatic heterocycles. The van der Waals surface area contributed by atoms with Gasteiger partial charge in [0, 0.05) is 36.0 Å². The molecule has 8 heteroatoms. The van der Waals surface area contributed by atoms with Crippen molar-refractivity contribution in [3.05, 3.63) is 18.2 Å². The number of halogens is 3. The van der Waals surface area contributed by atoms with Gasteiger partial charge in [-0.05, 0) is 45.4 Å². The maximum Gasteiger partial charge on any atom is 0.0452 e. The number of rotatable bonds is 6. The van der Waals surface area contributed by atoms with Crippen LogP contribution in [0.2, 0.25) is 0 Å². The summed E-state index contributed by atoms with van der Waals surface area (Å²) in [7, 11) is 0.767. The SMILES string of the molecule is Br.Br.Br.Nc1ccc(PN2CCCCC2)cc1SCCCO. The van der Waals surface area contributed by atoms with Gasteiger partial charge in [0.05, 0.1) is 0 Å². The molecule has 1 fully saturated rings. The summed E-state index contributed by atoms with van der Waals surface area (Å²) in [6.07, 6.45) is 4.87. The molecule has 1 unspecified atom stereocenters. The average Bonchev–Trinajstić information content (AvgIpc) is 2.44. The van der Waals surface area contributed by atoms with Gasteiger partial charge < -0.3 is 10.8 Å². The minimum atomic E-state index is 0. The number of aliphatic hydroxyl groups excluding tert-OH is 1. The first-order valence-electron chi connectivity index (χ1n) is 6.94. The van der Waals surface area contributed by atoms with E-state index in [1.807, 2.05) is 6.07 Å². The van der Waals surface area contributed by atoms with Gasteiger partial charge in [0.25, 0.3) is 0 Å². The van der Waals surface area contributed by atoms with Crippen LogP contribution in [0.1, 0.15) is 25.7 Å². The molecule has 0 spiro atoms. The second kappa shape index (κ2) is 14.5. The predicted octanol–water partition coefficient (Wildman–Crippen LogP) is 4.18. The van der Waals surface area contributed by atoms with Crippen molar-refractivity contribution in [1.82, 2.24) is 4.67 Å². The fourth-order valence-electron chi connectivity index (χ4n) is 2.16. The van der Waals surface area contributed by atoms with Crippen LogP contribution in [0.15, 0.2) is 23.1 Å². The monoisotopic (exact) mass is 538 g/mol. The number of piperidine rings is 1. The minimum Gasteiger partial charge on any atom is -0.398 e. The third-order valence-corrected chi connectivity index (χ3v) is 5.71. The summed E-state index contributed by atoms with van der Waals surface area (Å²) in [4.78, 5) is 1.16. The Labute approximate surface area is 171 Å². The van der Waals surface area contributed by atoms with E-state index in [-0.39, 0.29) is 57.6 Å². The highest BCUT2D eigenvalue weighted by Crippen LogP contribution is 2.29. The van der Waals surface area contributed by atoms with E-state index in [9.17, 15) is 0 Å². The first kappa shape index (κ1) is 25.4. The number of nitrogens with zero attached hydrogens (tertiary/aromatic N) is 1. The predicted molar refractivity (Wildman–Crippen MR) is 118 cm³/mol. The van der Waals surface area contributed by atoms with Crippen LogP contribution >= 0.6 is 71.4 Å². The van der Waals surface area contributed by atoms with Crippen LogP contribution in [-0.4, -0.2) is 35.2 Å². The zero-order valence-corrected chi connectivity index (χ0v) is 19.4. The molecule has 1 saturated heterocycles. The van der Waals surface area contributed by atoms with Crippen molar-refractivity contribution in [2.45, 2.75) is 30.6 Å². The second-order valence-electron chi connectivity index (χ2n) is 4.84. The summed E-state index contributed by atoms with van der Waals surface area (Å²) in [5.41, 5.74) is 6.87. The Kier molecular flexibility index (Phi) is 16.7. The molecule has 1 aromatic rings. The first-order chi connectivity index (χ1) is 9.29. The molecule has 0 bridgehead atoms. The maximum atomic E-state index is 8.83. The van der Waals surface area contributed by atoms with Gasteiger partial charge in [-0.1, -0.05) is 12.5 Å². The average molecular weight is 541 g/mol. The van der Waals surface area contributed by atoms with E-state index in [0.717, 1.165) is 31.5 Å². The van der Waals surface area contributed by atoms with E-state index >= 15 is 0 Å². The summed E-state index contributed by atoms with van der Waals surface area (Å²) in [5.74, 6) is 0.928. The van der Waals surface area contributed by atoms with Crippen LogP contribution in [0.4, 0.5) is 5.69 Å². The Balaban J connectivity index is 0. The molecule has 130 valence electrons. The fourth-order valence-corrected chi connectivity index (χ4v) is 4.48. The number of hydrogen-bond donors (Lipinski definition) is 2. The molecule has 1 aliphatic heterocycles. The molecular weight excluding hydrogens is 515 g/mol. The van der Waals surface area contributed by atoms with Gasteiger partial charge in [0.1, 0.15) is 0 Å². The van der Waals surface area contributed by atoms with E-state index in [4.69, 9.17) is 10.8 Å². The van der Waals surface area contributed by atoms with E-state index < -0.39 is 0 Å². The fraction of sp³-hybridized carbons (Fsp3) is 0.571. The number of nitrogen functional groups attached to an aromatic ring is 1. The lowest BCUT2D eigenvalue weighted by Gasteiger charge is -2.26. The molecule has 1 aromatic carbocycles. The molecule has 1 heterocycles. The normalized spacial score (nSPS) is 15.0. The van der Waals surface area contributed by atoms with Gasteiger partial charge in [0.15, 0.2) is 0 Å². The number of hydrogen-bond acceptors (Lipinski definition) is 4. The van der Waals surface area contributed by atoms with Crippen LogP contribution in [0.3, 0.4) is 0 Å². The molecule has 2 rings (SSSR count). The first-order valence-corrected chi connectivity index (χ1v) is 8.87. The maximum absolute atomic E-state index is 8.83. The van der Waals surface area contributed by atoms with Gasteiger partial charge in [-0.25, -0.2) is 0 Å². The number of aliphatic hydroxyl groups is 1. The van der Waals surface area contributed by atoms with Gasteiger partial charge in [0.2, 0.25) is 0 Å². The third kappa shape index (κ3) is 8.86. The summed E-state index contributed by atoms with van der Waals surface area (Å²) < 4.78 is 2.55. The number of anilines is 1. The highest BCUT2D eigenvalue weighted by molar-refractivity contribution is 8.93. The molecule has 0 saturated carbocycles. The largest absolute Gasteiger partial charge is 0.398 e. The summed E-state index contributed by atoms with van der Waals surface area (Å²) >= 11 is 1.75. The molecule has 0 aliphatic carbocycles. The summed E-state index contributed by atoms with van der Waals surface area (Å²) in [6.45, 7) is 2.72. The smallest absolute Gasteiger partial charge is 0.0452 e. The van der Waals surface area contributed by atoms with Crippen LogP contribution < -0.4 is 11.0 Å². The molecule has 22 heavy (non-hydrogen) atoms. The summed E-state index contributed by atoms with van der Waals surface area (Å²) in [5, 5.41) is 10.2. The number of benzene rings is 1. The Hall–Kier alpha value is 1.16.